The Balaban J connectivity index is 1.54. The van der Waals surface area contributed by atoms with Crippen LogP contribution in [0.5, 0.6) is 0 Å². The van der Waals surface area contributed by atoms with Gasteiger partial charge in [-0.25, -0.2) is 8.78 Å². The predicted octanol–water partition coefficient (Wildman–Crippen LogP) is 1.62. The van der Waals surface area contributed by atoms with Crippen LogP contribution in [0.1, 0.15) is 37.2 Å². The number of carbonyl (C=O) groups excluding carboxylic acids is 2. The third-order valence-corrected chi connectivity index (χ3v) is 7.20. The first-order valence-electron chi connectivity index (χ1n) is 9.72. The van der Waals surface area contributed by atoms with Gasteiger partial charge in [-0.15, -0.1) is 0 Å². The zero-order valence-corrected chi connectivity index (χ0v) is 15.0. The van der Waals surface area contributed by atoms with Crippen LogP contribution < -0.4 is 5.73 Å². The van der Waals surface area contributed by atoms with E-state index in [-0.39, 0.29) is 23.9 Å². The number of likely N-dealkylation sites (tertiary alicyclic amines) is 1. The lowest BCUT2D eigenvalue weighted by Gasteiger charge is -2.51. The molecular formula is C20H23F2N3O2. The molecule has 5 nitrogen and oxygen atoms in total. The van der Waals surface area contributed by atoms with Gasteiger partial charge in [0.15, 0.2) is 0 Å². The number of fused-ring (bicyclic) bond motifs is 2. The van der Waals surface area contributed by atoms with Crippen LogP contribution in [0.2, 0.25) is 0 Å². The highest BCUT2D eigenvalue weighted by Crippen LogP contribution is 2.52. The molecule has 1 aliphatic carbocycles. The number of primary amides is 1. The van der Waals surface area contributed by atoms with Crippen molar-refractivity contribution in [1.29, 1.82) is 0 Å². The molecule has 4 heterocycles. The summed E-state index contributed by atoms with van der Waals surface area (Å²) in [7, 11) is 0. The van der Waals surface area contributed by atoms with Crippen LogP contribution in [0.4, 0.5) is 8.78 Å². The Labute approximate surface area is 156 Å². The number of hydrogen-bond donors (Lipinski definition) is 1. The maximum absolute atomic E-state index is 13.9. The fraction of sp³-hybridized carbons (Fsp3) is 0.600. The van der Waals surface area contributed by atoms with Gasteiger partial charge in [-0.05, 0) is 62.4 Å². The molecule has 2 N–H and O–H groups in total. The van der Waals surface area contributed by atoms with Gasteiger partial charge in [0.25, 0.3) is 0 Å². The summed E-state index contributed by atoms with van der Waals surface area (Å²) in [4.78, 5) is 29.4. The number of hydrogen-bond acceptors (Lipinski definition) is 3. The first-order valence-corrected chi connectivity index (χ1v) is 9.72. The number of amides is 2. The molecule has 1 saturated carbocycles. The SMILES string of the molecule is NC(=O)C1(C(=O)N2CC(c3cc(F)cc(F)c3)C3C2C2CCN3CC2)CC1. The van der Waals surface area contributed by atoms with Crippen molar-refractivity contribution in [3.05, 3.63) is 35.4 Å². The van der Waals surface area contributed by atoms with E-state index in [1.165, 1.54) is 12.1 Å². The minimum atomic E-state index is -1.06. The quantitative estimate of drug-likeness (QED) is 0.817. The molecule has 6 rings (SSSR count). The molecule has 5 aliphatic rings. The van der Waals surface area contributed by atoms with Crippen molar-refractivity contribution in [2.45, 2.75) is 43.7 Å². The topological polar surface area (TPSA) is 66.6 Å². The largest absolute Gasteiger partial charge is 0.369 e. The standard InChI is InChI=1S/C20H23F2N3O2/c21-13-7-12(8-14(22)9-13)15-10-25(19(27)20(3-4-20)18(23)26)16-11-1-5-24(6-2-11)17(15)16/h7-9,11,15-17H,1-6,10H2,(H2,23,26). The van der Waals surface area contributed by atoms with Crippen LogP contribution >= 0.6 is 0 Å². The molecule has 0 spiro atoms. The molecule has 27 heavy (non-hydrogen) atoms. The monoisotopic (exact) mass is 375 g/mol. The normalized spacial score (nSPS) is 35.8. The van der Waals surface area contributed by atoms with E-state index in [9.17, 15) is 18.4 Å². The molecule has 5 fully saturated rings. The third-order valence-electron chi connectivity index (χ3n) is 7.20. The average molecular weight is 375 g/mol. The van der Waals surface area contributed by atoms with E-state index in [4.69, 9.17) is 5.73 Å². The highest BCUT2D eigenvalue weighted by molar-refractivity contribution is 6.07. The van der Waals surface area contributed by atoms with Gasteiger partial charge in [-0.3, -0.25) is 14.5 Å². The molecule has 0 aromatic heterocycles. The number of nitrogens with two attached hydrogens (primary N) is 1. The second-order valence-electron chi connectivity index (χ2n) is 8.57. The van der Waals surface area contributed by atoms with Gasteiger partial charge >= 0.3 is 0 Å². The molecule has 0 radical (unpaired) electrons. The number of nitrogens with zero attached hydrogens (tertiary/aromatic N) is 2. The molecule has 3 unspecified atom stereocenters. The average Bonchev–Trinajstić information content (AvgIpc) is 3.35. The van der Waals surface area contributed by atoms with Crippen LogP contribution in [0.3, 0.4) is 0 Å². The molecule has 1 aromatic rings. The van der Waals surface area contributed by atoms with E-state index < -0.39 is 23.0 Å². The van der Waals surface area contributed by atoms with Crippen molar-refractivity contribution in [2.75, 3.05) is 19.6 Å². The molecule has 1 aromatic carbocycles. The van der Waals surface area contributed by atoms with Gasteiger partial charge in [0.2, 0.25) is 11.8 Å². The van der Waals surface area contributed by atoms with E-state index in [1.807, 2.05) is 4.90 Å². The Morgan fingerprint density at radius 3 is 2.22 bits per heavy atom. The molecule has 7 heteroatoms. The fourth-order valence-electron chi connectivity index (χ4n) is 5.70. The van der Waals surface area contributed by atoms with Crippen LogP contribution in [-0.2, 0) is 9.59 Å². The van der Waals surface area contributed by atoms with Crippen molar-refractivity contribution in [2.24, 2.45) is 17.1 Å². The summed E-state index contributed by atoms with van der Waals surface area (Å²) in [5.74, 6) is -1.72. The Bertz CT molecular complexity index is 797. The maximum atomic E-state index is 13.9. The Kier molecular flexibility index (Phi) is 3.63. The zero-order valence-electron chi connectivity index (χ0n) is 15.0. The van der Waals surface area contributed by atoms with Gasteiger partial charge in [0, 0.05) is 24.6 Å². The van der Waals surface area contributed by atoms with Crippen LogP contribution in [0.25, 0.3) is 0 Å². The molecule has 4 aliphatic heterocycles. The summed E-state index contributed by atoms with van der Waals surface area (Å²) in [6.07, 6.45) is 3.03. The third kappa shape index (κ3) is 2.43. The number of carbonyl (C=O) groups is 2. The van der Waals surface area contributed by atoms with Crippen molar-refractivity contribution < 1.29 is 18.4 Å². The van der Waals surface area contributed by atoms with Gasteiger partial charge < -0.3 is 10.6 Å². The summed E-state index contributed by atoms with van der Waals surface area (Å²) in [5.41, 5.74) is 5.07. The second-order valence-corrected chi connectivity index (χ2v) is 8.57. The van der Waals surface area contributed by atoms with E-state index in [1.54, 1.807) is 0 Å². The molecule has 2 bridgehead atoms. The molecular weight excluding hydrogens is 352 g/mol. The number of rotatable bonds is 3. The van der Waals surface area contributed by atoms with Crippen LogP contribution in [0, 0.1) is 23.0 Å². The number of piperidine rings is 3. The van der Waals surface area contributed by atoms with E-state index in [2.05, 4.69) is 4.90 Å². The Hall–Kier alpha value is -2.02. The minimum absolute atomic E-state index is 0.00634. The van der Waals surface area contributed by atoms with Crippen molar-refractivity contribution in [3.8, 4) is 0 Å². The first-order chi connectivity index (χ1) is 12.9. The molecule has 3 atom stereocenters. The lowest BCUT2D eigenvalue weighted by atomic mass is 9.75. The van der Waals surface area contributed by atoms with Crippen molar-refractivity contribution in [1.82, 2.24) is 9.80 Å². The van der Waals surface area contributed by atoms with Crippen LogP contribution in [-0.4, -0.2) is 53.3 Å². The molecule has 4 saturated heterocycles. The summed E-state index contributed by atoms with van der Waals surface area (Å²) in [5, 5.41) is 0. The van der Waals surface area contributed by atoms with E-state index in [0.717, 1.165) is 32.0 Å². The fourth-order valence-corrected chi connectivity index (χ4v) is 5.70. The Morgan fingerprint density at radius 1 is 1.04 bits per heavy atom. The first kappa shape index (κ1) is 17.1. The van der Waals surface area contributed by atoms with Crippen molar-refractivity contribution in [3.63, 3.8) is 0 Å². The highest BCUT2D eigenvalue weighted by atomic mass is 19.1. The molecule has 2 amide bonds. The number of benzene rings is 1. The molecule has 144 valence electrons. The van der Waals surface area contributed by atoms with Gasteiger partial charge in [0.05, 0.1) is 6.04 Å². The van der Waals surface area contributed by atoms with E-state index in [0.29, 0.717) is 30.9 Å². The Morgan fingerprint density at radius 2 is 1.67 bits per heavy atom. The second kappa shape index (κ2) is 5.74. The van der Waals surface area contributed by atoms with Crippen molar-refractivity contribution >= 4 is 11.8 Å². The summed E-state index contributed by atoms with van der Waals surface area (Å²) >= 11 is 0. The maximum Gasteiger partial charge on any atom is 0.238 e. The number of halogens is 2. The van der Waals surface area contributed by atoms with Crippen LogP contribution in [0.15, 0.2) is 18.2 Å². The smallest absolute Gasteiger partial charge is 0.238 e. The zero-order chi connectivity index (χ0) is 18.9. The lowest BCUT2D eigenvalue weighted by molar-refractivity contribution is -0.146. The lowest BCUT2D eigenvalue weighted by Crippen LogP contribution is -2.61. The van der Waals surface area contributed by atoms with Gasteiger partial charge in [-0.1, -0.05) is 0 Å². The van der Waals surface area contributed by atoms with E-state index >= 15 is 0 Å². The predicted molar refractivity (Wildman–Crippen MR) is 93.5 cm³/mol. The minimum Gasteiger partial charge on any atom is -0.369 e. The summed E-state index contributed by atoms with van der Waals surface area (Å²) in [6, 6.07) is 3.67. The summed E-state index contributed by atoms with van der Waals surface area (Å²) in [6.45, 7) is 2.28. The van der Waals surface area contributed by atoms with Gasteiger partial charge in [-0.2, -0.15) is 0 Å². The summed E-state index contributed by atoms with van der Waals surface area (Å²) < 4.78 is 27.7. The highest BCUT2D eigenvalue weighted by Gasteiger charge is 2.62. The van der Waals surface area contributed by atoms with Gasteiger partial charge in [0.1, 0.15) is 17.0 Å².